The molecule has 0 amide bonds. The first kappa shape index (κ1) is 62.8. The number of rotatable bonds is 10. The average molecular weight is 1150 g/mol. The third-order valence-electron chi connectivity index (χ3n) is 15.3. The van der Waals surface area contributed by atoms with Crippen LogP contribution in [0.3, 0.4) is 0 Å². The molecule has 0 radical (unpaired) electrons. The van der Waals surface area contributed by atoms with Crippen LogP contribution in [-0.2, 0) is 28.1 Å². The van der Waals surface area contributed by atoms with Crippen molar-refractivity contribution in [1.29, 1.82) is 0 Å². The number of pyridine rings is 1. The Kier molecular flexibility index (Phi) is 21.2. The van der Waals surface area contributed by atoms with Gasteiger partial charge in [-0.15, -0.1) is 0 Å². The van der Waals surface area contributed by atoms with Crippen molar-refractivity contribution in [3.05, 3.63) is 220 Å². The molecule has 1 N–H and O–H groups in total. The van der Waals surface area contributed by atoms with Gasteiger partial charge < -0.3 is 28.7 Å². The van der Waals surface area contributed by atoms with Crippen LogP contribution in [-0.4, -0.2) is 7.11 Å². The first-order chi connectivity index (χ1) is 36.3. The fourth-order valence-electron chi connectivity index (χ4n) is 10.3. The van der Waals surface area contributed by atoms with Gasteiger partial charge in [0, 0.05) is 28.3 Å². The average Bonchev–Trinajstić information content (AvgIpc) is 3.46. The standard InChI is InChI=1S/C56H65NO.C17H20.C2H6.HI/c1-15-39(37(3)48-32-43(55(8,9)10)33-51(53(48)58-14)56(11,12)13)29-45-36(2)23-22-28-44(45)46-30-42(54(5,6)7)31-47(38(46)4)52-34-49(40-24-18-16-19-25-40)50(35-57-52)41-26-20-17-21-27-41;1-13-10-11-15(17(2,3)4)12-16(13)14-8-6-5-7-9-14;1-2;/h16-28,30-35H,15,29H2,1-14H3;5-12H,1-4H3;1-2H3;1H/b39-37+;;;. The summed E-state index contributed by atoms with van der Waals surface area (Å²) in [5.74, 6) is 0.997. The molecule has 2 nitrogen and oxygen atoms in total. The molecule has 0 spiro atoms. The fourth-order valence-corrected chi connectivity index (χ4v) is 10.3. The highest BCUT2D eigenvalue weighted by Crippen LogP contribution is 2.45. The van der Waals surface area contributed by atoms with E-state index in [1.54, 1.807) is 0 Å². The van der Waals surface area contributed by atoms with Crippen LogP contribution < -0.4 is 33.7 Å². The van der Waals surface area contributed by atoms with Crippen LogP contribution in [0.5, 0.6) is 5.75 Å². The lowest BCUT2D eigenvalue weighted by atomic mass is 9.77. The number of nitrogens with one attached hydrogen (secondary N) is 1. The van der Waals surface area contributed by atoms with Crippen molar-refractivity contribution in [3.63, 3.8) is 0 Å². The van der Waals surface area contributed by atoms with Crippen molar-refractivity contribution in [2.45, 2.75) is 166 Å². The number of hydrogen-bond donors (Lipinski definition) is 0. The molecule has 0 aliphatic rings. The van der Waals surface area contributed by atoms with Crippen LogP contribution in [0.2, 0.25) is 0 Å². The van der Waals surface area contributed by atoms with Crippen molar-refractivity contribution in [3.8, 4) is 61.5 Å². The smallest absolute Gasteiger partial charge is 0.211 e. The van der Waals surface area contributed by atoms with Crippen molar-refractivity contribution in [2.24, 2.45) is 0 Å². The summed E-state index contributed by atoms with van der Waals surface area (Å²) >= 11 is 0. The van der Waals surface area contributed by atoms with Gasteiger partial charge in [-0.2, -0.15) is 0 Å². The molecule has 8 rings (SSSR count). The number of ether oxygens (including phenoxy) is 1. The Balaban J connectivity index is 0.000000473. The molecule has 0 bridgehead atoms. The van der Waals surface area contributed by atoms with Crippen LogP contribution in [0.4, 0.5) is 0 Å². The molecule has 1 heterocycles. The Morgan fingerprint density at radius 3 is 1.45 bits per heavy atom. The first-order valence-corrected chi connectivity index (χ1v) is 28.3. The molecule has 0 saturated carbocycles. The predicted molar refractivity (Wildman–Crippen MR) is 337 cm³/mol. The second-order valence-electron chi connectivity index (χ2n) is 25.0. The normalized spacial score (nSPS) is 12.1. The molecular formula is C75H92INO. The summed E-state index contributed by atoms with van der Waals surface area (Å²) in [5, 5.41) is 0. The van der Waals surface area contributed by atoms with Crippen LogP contribution in [0, 0.1) is 20.8 Å². The SMILES string of the molecule is CC.CC/C(Cc1c(C)cccc1-c1cc(C(C)(C)C)cc(-c2cc(-c3ccccc3)c(-c3ccccc3)c[nH+]2)c1C)=C(/C)c1cc(C(C)(C)C)cc(C(C)(C)C)c1OC.Cc1ccc(C(C)(C)C)cc1-c1ccccc1.[I-]. The minimum absolute atomic E-state index is 0. The lowest BCUT2D eigenvalue weighted by Crippen LogP contribution is -3.00. The summed E-state index contributed by atoms with van der Waals surface area (Å²) in [6.07, 6.45) is 4.01. The highest BCUT2D eigenvalue weighted by atomic mass is 127. The van der Waals surface area contributed by atoms with Crippen LogP contribution in [0.1, 0.15) is 167 Å². The van der Waals surface area contributed by atoms with E-state index in [0.717, 1.165) is 24.3 Å². The minimum Gasteiger partial charge on any atom is -1.00 e. The third-order valence-corrected chi connectivity index (χ3v) is 15.3. The summed E-state index contributed by atoms with van der Waals surface area (Å²) in [4.78, 5) is 3.78. The fraction of sp³-hybridized carbons (Fsp3) is 0.347. The van der Waals surface area contributed by atoms with Crippen LogP contribution >= 0.6 is 0 Å². The van der Waals surface area contributed by atoms with E-state index in [4.69, 9.17) is 4.74 Å². The summed E-state index contributed by atoms with van der Waals surface area (Å²) in [7, 11) is 1.83. The van der Waals surface area contributed by atoms with Crippen molar-refractivity contribution in [1.82, 2.24) is 0 Å². The van der Waals surface area contributed by atoms with Gasteiger partial charge in [0.25, 0.3) is 0 Å². The van der Waals surface area contributed by atoms with Crippen LogP contribution in [0.25, 0.3) is 61.3 Å². The summed E-state index contributed by atoms with van der Waals surface area (Å²) in [6.45, 7) is 42.9. The van der Waals surface area contributed by atoms with Crippen molar-refractivity contribution < 1.29 is 33.7 Å². The molecule has 3 heteroatoms. The van der Waals surface area contributed by atoms with E-state index in [9.17, 15) is 0 Å². The summed E-state index contributed by atoms with van der Waals surface area (Å²) in [5.41, 5.74) is 27.1. The zero-order chi connectivity index (χ0) is 56.6. The number of benzene rings is 7. The Morgan fingerprint density at radius 2 is 0.949 bits per heavy atom. The van der Waals surface area contributed by atoms with Gasteiger partial charge in [0.2, 0.25) is 5.69 Å². The Labute approximate surface area is 490 Å². The number of hydrogen-bond acceptors (Lipinski definition) is 1. The predicted octanol–water partition coefficient (Wildman–Crippen LogP) is 18.1. The van der Waals surface area contributed by atoms with Gasteiger partial charge in [0.15, 0.2) is 6.20 Å². The quantitative estimate of drug-likeness (QED) is 0.125. The van der Waals surface area contributed by atoms with Gasteiger partial charge in [0.1, 0.15) is 5.75 Å². The topological polar surface area (TPSA) is 23.4 Å². The second-order valence-corrected chi connectivity index (χ2v) is 25.0. The monoisotopic (exact) mass is 1150 g/mol. The first-order valence-electron chi connectivity index (χ1n) is 28.3. The summed E-state index contributed by atoms with van der Waals surface area (Å²) < 4.78 is 6.30. The Morgan fingerprint density at radius 1 is 0.462 bits per heavy atom. The summed E-state index contributed by atoms with van der Waals surface area (Å²) in [6, 6.07) is 57.7. The maximum Gasteiger partial charge on any atom is 0.211 e. The molecule has 0 unspecified atom stereocenters. The van der Waals surface area contributed by atoms with E-state index in [-0.39, 0.29) is 45.6 Å². The molecule has 7 aromatic carbocycles. The molecule has 0 fully saturated rings. The van der Waals surface area contributed by atoms with Gasteiger partial charge in [0.05, 0.1) is 12.7 Å². The van der Waals surface area contributed by atoms with E-state index in [1.807, 2.05) is 21.0 Å². The molecular weight excluding hydrogens is 1060 g/mol. The van der Waals surface area contributed by atoms with Gasteiger partial charge in [-0.1, -0.05) is 249 Å². The van der Waals surface area contributed by atoms with E-state index in [1.165, 1.54) is 111 Å². The van der Waals surface area contributed by atoms with Gasteiger partial charge >= 0.3 is 0 Å². The maximum atomic E-state index is 6.30. The number of halogens is 1. The Bertz CT molecular complexity index is 3300. The molecule has 78 heavy (non-hydrogen) atoms. The van der Waals surface area contributed by atoms with Crippen LogP contribution in [0.15, 0.2) is 169 Å². The highest BCUT2D eigenvalue weighted by Gasteiger charge is 2.28. The number of methoxy groups -OCH3 is 1. The zero-order valence-electron chi connectivity index (χ0n) is 51.3. The molecule has 1 aromatic heterocycles. The minimum atomic E-state index is -0.0638. The molecule has 8 aromatic rings. The van der Waals surface area contributed by atoms with Crippen molar-refractivity contribution >= 4 is 5.57 Å². The van der Waals surface area contributed by atoms with Gasteiger partial charge in [-0.05, 0) is 152 Å². The number of H-pyrrole nitrogens is 1. The van der Waals surface area contributed by atoms with E-state index in [0.29, 0.717) is 0 Å². The molecule has 410 valence electrons. The lowest BCUT2D eigenvalue weighted by Gasteiger charge is -2.29. The van der Waals surface area contributed by atoms with E-state index < -0.39 is 0 Å². The largest absolute Gasteiger partial charge is 1.00 e. The lowest BCUT2D eigenvalue weighted by molar-refractivity contribution is -0.363. The number of aromatic amines is 1. The van der Waals surface area contributed by atoms with Gasteiger partial charge in [-0.3, -0.25) is 0 Å². The second kappa shape index (κ2) is 26.3. The molecule has 0 saturated heterocycles. The number of allylic oxidation sites excluding steroid dienone is 2. The zero-order valence-corrected chi connectivity index (χ0v) is 53.4. The third kappa shape index (κ3) is 14.8. The molecule has 0 aliphatic carbocycles. The highest BCUT2D eigenvalue weighted by molar-refractivity contribution is 5.87. The molecule has 0 aliphatic heterocycles. The van der Waals surface area contributed by atoms with Gasteiger partial charge in [-0.25, -0.2) is 4.98 Å². The number of aryl methyl sites for hydroxylation is 2. The number of aromatic nitrogens is 1. The molecule has 0 atom stereocenters. The van der Waals surface area contributed by atoms with E-state index >= 15 is 0 Å². The van der Waals surface area contributed by atoms with E-state index in [2.05, 4.69) is 287 Å². The Hall–Kier alpha value is -6.04. The van der Waals surface area contributed by atoms with Crippen molar-refractivity contribution in [2.75, 3.05) is 7.11 Å². The maximum absolute atomic E-state index is 6.30.